The van der Waals surface area contributed by atoms with E-state index in [1.165, 1.54) is 16.7 Å². The van der Waals surface area contributed by atoms with Crippen molar-refractivity contribution in [3.05, 3.63) is 70.3 Å². The van der Waals surface area contributed by atoms with Gasteiger partial charge in [-0.3, -0.25) is 4.79 Å². The minimum Gasteiger partial charge on any atom is -0.493 e. The summed E-state index contributed by atoms with van der Waals surface area (Å²) >= 11 is 0. The van der Waals surface area contributed by atoms with Crippen LogP contribution in [-0.4, -0.2) is 28.4 Å². The molecule has 184 valence electrons. The number of hydrogen-bond acceptors (Lipinski definition) is 3. The zero-order chi connectivity index (χ0) is 24.8. The topological polar surface area (TPSA) is 66.8 Å². The zero-order valence-corrected chi connectivity index (χ0v) is 21.2. The molecule has 0 saturated heterocycles. The van der Waals surface area contributed by atoms with Gasteiger partial charge >= 0.3 is 5.97 Å². The van der Waals surface area contributed by atoms with Crippen molar-refractivity contribution >= 4 is 12.0 Å². The maximum Gasteiger partial charge on any atom is 0.303 e. The van der Waals surface area contributed by atoms with Gasteiger partial charge in [0.2, 0.25) is 0 Å². The standard InChI is InChI=1S/C30H40O4/c1-5-30(6-2,25-12-11-24(22(3)20-25)15-18-29(33)16-9-17-29)26-13-14-27(23(4)21-26)34-19-8-7-10-28(31)32/h11-15,18,20-21,33H,5-10,16-17,19H2,1-4H3,(H,31,32). The summed E-state index contributed by atoms with van der Waals surface area (Å²) in [7, 11) is 0. The lowest BCUT2D eigenvalue weighted by atomic mass is 9.70. The Bertz CT molecular complexity index is 1010. The predicted octanol–water partition coefficient (Wildman–Crippen LogP) is 6.97. The molecule has 1 saturated carbocycles. The van der Waals surface area contributed by atoms with Gasteiger partial charge in [-0.2, -0.15) is 0 Å². The molecule has 2 aromatic rings. The number of carboxylic acids is 1. The molecule has 0 heterocycles. The van der Waals surface area contributed by atoms with Crippen molar-refractivity contribution in [2.24, 2.45) is 0 Å². The molecule has 34 heavy (non-hydrogen) atoms. The molecule has 4 nitrogen and oxygen atoms in total. The molecule has 0 aromatic heterocycles. The first-order valence-electron chi connectivity index (χ1n) is 12.7. The number of aliphatic carboxylic acids is 1. The lowest BCUT2D eigenvalue weighted by molar-refractivity contribution is -0.137. The van der Waals surface area contributed by atoms with Crippen molar-refractivity contribution < 1.29 is 19.7 Å². The third-order valence-electron chi connectivity index (χ3n) is 7.59. The lowest BCUT2D eigenvalue weighted by Crippen LogP contribution is -2.33. The maximum absolute atomic E-state index is 10.7. The van der Waals surface area contributed by atoms with Crippen LogP contribution >= 0.6 is 0 Å². The van der Waals surface area contributed by atoms with E-state index in [-0.39, 0.29) is 11.8 Å². The van der Waals surface area contributed by atoms with E-state index in [1.807, 2.05) is 6.08 Å². The third kappa shape index (κ3) is 5.90. The van der Waals surface area contributed by atoms with Gasteiger partial charge < -0.3 is 14.9 Å². The number of unbranched alkanes of at least 4 members (excludes halogenated alkanes) is 1. The van der Waals surface area contributed by atoms with Crippen molar-refractivity contribution in [1.29, 1.82) is 0 Å². The molecule has 0 radical (unpaired) electrons. The number of aliphatic hydroxyl groups is 1. The summed E-state index contributed by atoms with van der Waals surface area (Å²) in [6.07, 6.45) is 10.4. The van der Waals surface area contributed by atoms with E-state index in [0.717, 1.165) is 55.4 Å². The van der Waals surface area contributed by atoms with Crippen LogP contribution in [0, 0.1) is 13.8 Å². The van der Waals surface area contributed by atoms with Gasteiger partial charge in [-0.1, -0.05) is 56.3 Å². The molecule has 0 amide bonds. The lowest BCUT2D eigenvalue weighted by Gasteiger charge is -2.34. The van der Waals surface area contributed by atoms with Crippen molar-refractivity contribution in [3.63, 3.8) is 0 Å². The molecule has 0 unspecified atom stereocenters. The highest BCUT2D eigenvalue weighted by molar-refractivity contribution is 5.66. The van der Waals surface area contributed by atoms with E-state index >= 15 is 0 Å². The van der Waals surface area contributed by atoms with E-state index in [9.17, 15) is 9.90 Å². The first kappa shape index (κ1) is 26.0. The Morgan fingerprint density at radius 2 is 1.68 bits per heavy atom. The molecule has 2 N–H and O–H groups in total. The van der Waals surface area contributed by atoms with Gasteiger partial charge in [0.1, 0.15) is 5.75 Å². The predicted molar refractivity (Wildman–Crippen MR) is 139 cm³/mol. The van der Waals surface area contributed by atoms with E-state index in [4.69, 9.17) is 9.84 Å². The second kappa shape index (κ2) is 11.2. The van der Waals surface area contributed by atoms with Crippen LogP contribution in [0.15, 0.2) is 42.5 Å². The molecule has 3 rings (SSSR count). The summed E-state index contributed by atoms with van der Waals surface area (Å²) in [5.74, 6) is 0.108. The van der Waals surface area contributed by atoms with Gasteiger partial charge in [-0.15, -0.1) is 0 Å². The van der Waals surface area contributed by atoms with Crippen molar-refractivity contribution in [1.82, 2.24) is 0 Å². The van der Waals surface area contributed by atoms with Crippen LogP contribution in [0.5, 0.6) is 5.75 Å². The average Bonchev–Trinajstić information content (AvgIpc) is 2.79. The molecular weight excluding hydrogens is 424 g/mol. The van der Waals surface area contributed by atoms with Gasteiger partial charge in [0.05, 0.1) is 12.2 Å². The monoisotopic (exact) mass is 464 g/mol. The van der Waals surface area contributed by atoms with E-state index in [2.05, 4.69) is 70.2 Å². The number of benzene rings is 2. The number of carbonyl (C=O) groups is 1. The van der Waals surface area contributed by atoms with E-state index in [0.29, 0.717) is 13.0 Å². The number of ether oxygens (including phenoxy) is 1. The first-order valence-corrected chi connectivity index (χ1v) is 12.7. The summed E-state index contributed by atoms with van der Waals surface area (Å²) in [4.78, 5) is 10.7. The molecule has 0 aliphatic heterocycles. The van der Waals surface area contributed by atoms with Crippen LogP contribution in [0.4, 0.5) is 0 Å². The van der Waals surface area contributed by atoms with Crippen LogP contribution in [0.3, 0.4) is 0 Å². The van der Waals surface area contributed by atoms with Gasteiger partial charge in [-0.05, 0) is 92.7 Å². The Morgan fingerprint density at radius 1 is 1.03 bits per heavy atom. The van der Waals surface area contributed by atoms with Crippen LogP contribution in [0.1, 0.15) is 93.0 Å². The molecule has 0 bridgehead atoms. The average molecular weight is 465 g/mol. The summed E-state index contributed by atoms with van der Waals surface area (Å²) in [5, 5.41) is 19.2. The summed E-state index contributed by atoms with van der Waals surface area (Å²) in [6.45, 7) is 9.26. The highest BCUT2D eigenvalue weighted by Crippen LogP contribution is 2.41. The number of rotatable bonds is 12. The highest BCUT2D eigenvalue weighted by Gasteiger charge is 2.32. The number of hydrogen-bond donors (Lipinski definition) is 2. The fourth-order valence-electron chi connectivity index (χ4n) is 5.01. The summed E-state index contributed by atoms with van der Waals surface area (Å²) in [6, 6.07) is 13.2. The molecule has 2 aromatic carbocycles. The molecule has 0 spiro atoms. The quantitative estimate of drug-likeness (QED) is 0.333. The number of aryl methyl sites for hydroxylation is 2. The van der Waals surface area contributed by atoms with Crippen LogP contribution in [-0.2, 0) is 10.2 Å². The Labute approximate surface area is 204 Å². The van der Waals surface area contributed by atoms with Crippen LogP contribution < -0.4 is 4.74 Å². The fourth-order valence-corrected chi connectivity index (χ4v) is 5.01. The molecule has 1 aliphatic rings. The second-order valence-corrected chi connectivity index (χ2v) is 9.83. The highest BCUT2D eigenvalue weighted by atomic mass is 16.5. The Morgan fingerprint density at radius 3 is 2.21 bits per heavy atom. The van der Waals surface area contributed by atoms with Crippen LogP contribution in [0.25, 0.3) is 6.08 Å². The van der Waals surface area contributed by atoms with Crippen molar-refractivity contribution in [3.8, 4) is 5.75 Å². The third-order valence-corrected chi connectivity index (χ3v) is 7.59. The number of carboxylic acid groups (broad SMARTS) is 1. The minimum atomic E-state index is -0.758. The van der Waals surface area contributed by atoms with Gasteiger partial charge in [0.25, 0.3) is 0 Å². The van der Waals surface area contributed by atoms with Crippen LogP contribution in [0.2, 0.25) is 0 Å². The second-order valence-electron chi connectivity index (χ2n) is 9.83. The van der Waals surface area contributed by atoms with Gasteiger partial charge in [0, 0.05) is 11.8 Å². The SMILES string of the molecule is CCC(CC)(c1ccc(C=CC2(O)CCC2)c(C)c1)c1ccc(OCCCCC(=O)O)c(C)c1. The summed E-state index contributed by atoms with van der Waals surface area (Å²) in [5.41, 5.74) is 5.40. The fraction of sp³-hybridized carbons (Fsp3) is 0.500. The molecule has 4 heteroatoms. The summed E-state index contributed by atoms with van der Waals surface area (Å²) < 4.78 is 5.94. The smallest absolute Gasteiger partial charge is 0.303 e. The first-order chi connectivity index (χ1) is 16.2. The van der Waals surface area contributed by atoms with Crippen molar-refractivity contribution in [2.75, 3.05) is 6.61 Å². The molecule has 1 fully saturated rings. The van der Waals surface area contributed by atoms with Crippen molar-refractivity contribution in [2.45, 2.75) is 90.1 Å². The largest absolute Gasteiger partial charge is 0.493 e. The van der Waals surface area contributed by atoms with E-state index in [1.54, 1.807) is 0 Å². The van der Waals surface area contributed by atoms with Gasteiger partial charge in [0.15, 0.2) is 0 Å². The Hall–Kier alpha value is -2.59. The molecule has 0 atom stereocenters. The molecule has 1 aliphatic carbocycles. The minimum absolute atomic E-state index is 0.0794. The molecular formula is C30H40O4. The van der Waals surface area contributed by atoms with E-state index < -0.39 is 11.6 Å². The zero-order valence-electron chi connectivity index (χ0n) is 21.2. The van der Waals surface area contributed by atoms with Gasteiger partial charge in [-0.25, -0.2) is 0 Å². The normalized spacial score (nSPS) is 15.3. The Balaban J connectivity index is 1.79. The maximum atomic E-state index is 10.7. The Kier molecular flexibility index (Phi) is 8.59.